The highest BCUT2D eigenvalue weighted by molar-refractivity contribution is 7.10. The van der Waals surface area contributed by atoms with Crippen LogP contribution in [0.2, 0.25) is 0 Å². The molecular weight excluding hydrogens is 266 g/mol. The Morgan fingerprint density at radius 2 is 1.95 bits per heavy atom. The van der Waals surface area contributed by atoms with Crippen molar-refractivity contribution in [1.82, 2.24) is 9.97 Å². The average molecular weight is 279 g/mol. The lowest BCUT2D eigenvalue weighted by atomic mass is 9.96. The molecule has 0 fully saturated rings. The summed E-state index contributed by atoms with van der Waals surface area (Å²) >= 11 is 1.82. The van der Waals surface area contributed by atoms with Gasteiger partial charge in [-0.1, -0.05) is 18.2 Å². The number of nitrogens with one attached hydrogen (secondary N) is 1. The van der Waals surface area contributed by atoms with Gasteiger partial charge in [0.05, 0.1) is 5.69 Å². The van der Waals surface area contributed by atoms with Gasteiger partial charge in [0.1, 0.15) is 0 Å². The van der Waals surface area contributed by atoms with E-state index in [9.17, 15) is 0 Å². The van der Waals surface area contributed by atoms with Gasteiger partial charge < -0.3 is 5.32 Å². The molecule has 4 heteroatoms. The molecule has 4 rings (SSSR count). The first kappa shape index (κ1) is 11.6. The number of hydrogen-bond donors (Lipinski definition) is 1. The van der Waals surface area contributed by atoms with Gasteiger partial charge in [-0.2, -0.15) is 0 Å². The lowest BCUT2D eigenvalue weighted by molar-refractivity contribution is 0.930. The normalized spacial score (nSPS) is 12.6. The predicted octanol–water partition coefficient (Wildman–Crippen LogP) is 4.05. The van der Waals surface area contributed by atoms with Gasteiger partial charge in [-0.3, -0.25) is 0 Å². The molecule has 0 aliphatic heterocycles. The van der Waals surface area contributed by atoms with E-state index >= 15 is 0 Å². The minimum Gasteiger partial charge on any atom is -0.324 e. The van der Waals surface area contributed by atoms with Crippen molar-refractivity contribution in [1.29, 1.82) is 0 Å². The van der Waals surface area contributed by atoms with Crippen LogP contribution in [0.5, 0.6) is 0 Å². The van der Waals surface area contributed by atoms with Crippen molar-refractivity contribution >= 4 is 23.0 Å². The lowest BCUT2D eigenvalue weighted by Gasteiger charge is -2.16. The van der Waals surface area contributed by atoms with Gasteiger partial charge in [0.2, 0.25) is 5.95 Å². The standard InChI is InChI=1S/C16H13N3S/c1-2-4-12(5-3-1)18-16-17-10-11-6-7-14-13(8-9-20-14)15(11)19-16/h1-5,8-10H,6-7H2,(H,17,18,19). The summed E-state index contributed by atoms with van der Waals surface area (Å²) in [6.07, 6.45) is 4.09. The molecule has 0 saturated heterocycles. The molecule has 1 aliphatic rings. The average Bonchev–Trinajstić information content (AvgIpc) is 2.97. The zero-order valence-electron chi connectivity index (χ0n) is 10.8. The quantitative estimate of drug-likeness (QED) is 0.769. The fourth-order valence-electron chi connectivity index (χ4n) is 2.53. The number of thiophene rings is 1. The van der Waals surface area contributed by atoms with Crippen molar-refractivity contribution in [2.75, 3.05) is 5.32 Å². The summed E-state index contributed by atoms with van der Waals surface area (Å²) in [6.45, 7) is 0. The van der Waals surface area contributed by atoms with Crippen LogP contribution in [0.3, 0.4) is 0 Å². The molecule has 3 nitrogen and oxygen atoms in total. The Kier molecular flexibility index (Phi) is 2.74. The summed E-state index contributed by atoms with van der Waals surface area (Å²) in [5.74, 6) is 0.661. The van der Waals surface area contributed by atoms with Crippen LogP contribution in [-0.4, -0.2) is 9.97 Å². The van der Waals surface area contributed by atoms with Crippen LogP contribution < -0.4 is 5.32 Å². The summed E-state index contributed by atoms with van der Waals surface area (Å²) in [4.78, 5) is 10.6. The number of fused-ring (bicyclic) bond motifs is 3. The molecule has 2 heterocycles. The monoisotopic (exact) mass is 279 g/mol. The maximum Gasteiger partial charge on any atom is 0.227 e. The van der Waals surface area contributed by atoms with E-state index in [2.05, 4.69) is 21.7 Å². The molecule has 1 aliphatic carbocycles. The van der Waals surface area contributed by atoms with Crippen molar-refractivity contribution in [2.45, 2.75) is 12.8 Å². The molecule has 1 N–H and O–H groups in total. The summed E-state index contributed by atoms with van der Waals surface area (Å²) in [5, 5.41) is 5.40. The third-order valence-corrected chi connectivity index (χ3v) is 4.50. The molecule has 2 aromatic heterocycles. The van der Waals surface area contributed by atoms with Gasteiger partial charge in [-0.05, 0) is 42.0 Å². The third kappa shape index (κ3) is 1.98. The SMILES string of the molecule is c1ccc(Nc2ncc3c(n2)-c2ccsc2CC3)cc1. The van der Waals surface area contributed by atoms with Crippen molar-refractivity contribution in [2.24, 2.45) is 0 Å². The molecule has 3 aromatic rings. The van der Waals surface area contributed by atoms with E-state index < -0.39 is 0 Å². The molecule has 98 valence electrons. The van der Waals surface area contributed by atoms with E-state index in [1.807, 2.05) is 47.9 Å². The second-order valence-electron chi connectivity index (χ2n) is 4.82. The lowest BCUT2D eigenvalue weighted by Crippen LogP contribution is -2.06. The molecule has 0 atom stereocenters. The van der Waals surface area contributed by atoms with Crippen LogP contribution in [0.1, 0.15) is 10.4 Å². The molecule has 0 bridgehead atoms. The molecule has 0 radical (unpaired) electrons. The van der Waals surface area contributed by atoms with Gasteiger partial charge in [0.15, 0.2) is 0 Å². The van der Waals surface area contributed by atoms with Crippen LogP contribution in [-0.2, 0) is 12.8 Å². The van der Waals surface area contributed by atoms with Gasteiger partial charge in [0.25, 0.3) is 0 Å². The number of hydrogen-bond acceptors (Lipinski definition) is 4. The summed E-state index contributed by atoms with van der Waals surface area (Å²) in [6, 6.07) is 12.2. The minimum absolute atomic E-state index is 0.661. The number of nitrogens with zero attached hydrogens (tertiary/aromatic N) is 2. The molecule has 1 aromatic carbocycles. The van der Waals surface area contributed by atoms with Crippen LogP contribution in [0.15, 0.2) is 48.0 Å². The van der Waals surface area contributed by atoms with Crippen molar-refractivity contribution in [3.8, 4) is 11.3 Å². The van der Waals surface area contributed by atoms with E-state index in [-0.39, 0.29) is 0 Å². The van der Waals surface area contributed by atoms with Crippen molar-refractivity contribution in [3.63, 3.8) is 0 Å². The first-order valence-electron chi connectivity index (χ1n) is 6.65. The van der Waals surface area contributed by atoms with Crippen LogP contribution in [0.25, 0.3) is 11.3 Å². The fourth-order valence-corrected chi connectivity index (χ4v) is 3.41. The Morgan fingerprint density at radius 1 is 1.05 bits per heavy atom. The van der Waals surface area contributed by atoms with Gasteiger partial charge in [-0.25, -0.2) is 9.97 Å². The first-order valence-corrected chi connectivity index (χ1v) is 7.53. The van der Waals surface area contributed by atoms with Crippen LogP contribution >= 0.6 is 11.3 Å². The number of para-hydroxylation sites is 1. The Bertz CT molecular complexity index is 749. The number of aryl methyl sites for hydroxylation is 2. The summed E-state index contributed by atoms with van der Waals surface area (Å²) < 4.78 is 0. The van der Waals surface area contributed by atoms with E-state index in [0.717, 1.165) is 24.2 Å². The summed E-state index contributed by atoms with van der Waals surface area (Å²) in [7, 11) is 0. The molecule has 20 heavy (non-hydrogen) atoms. The molecule has 0 spiro atoms. The van der Waals surface area contributed by atoms with Gasteiger partial charge in [0, 0.05) is 22.3 Å². The first-order chi connectivity index (χ1) is 9.90. The second kappa shape index (κ2) is 4.72. The minimum atomic E-state index is 0.661. The highest BCUT2D eigenvalue weighted by atomic mass is 32.1. The van der Waals surface area contributed by atoms with E-state index in [4.69, 9.17) is 4.98 Å². The smallest absolute Gasteiger partial charge is 0.227 e. The Morgan fingerprint density at radius 3 is 2.85 bits per heavy atom. The number of rotatable bonds is 2. The zero-order valence-corrected chi connectivity index (χ0v) is 11.7. The van der Waals surface area contributed by atoms with Gasteiger partial charge >= 0.3 is 0 Å². The number of aromatic nitrogens is 2. The zero-order chi connectivity index (χ0) is 13.4. The fraction of sp³-hybridized carbons (Fsp3) is 0.125. The molecule has 0 amide bonds. The summed E-state index contributed by atoms with van der Waals surface area (Å²) in [5.41, 5.74) is 4.61. The van der Waals surface area contributed by atoms with Crippen molar-refractivity contribution < 1.29 is 0 Å². The Hall–Kier alpha value is -2.20. The molecule has 0 unspecified atom stereocenters. The second-order valence-corrected chi connectivity index (χ2v) is 5.82. The highest BCUT2D eigenvalue weighted by Gasteiger charge is 2.19. The molecular formula is C16H13N3S. The van der Waals surface area contributed by atoms with Gasteiger partial charge in [-0.15, -0.1) is 11.3 Å². The third-order valence-electron chi connectivity index (χ3n) is 3.52. The molecule has 0 saturated carbocycles. The van der Waals surface area contributed by atoms with Crippen LogP contribution in [0.4, 0.5) is 11.6 Å². The van der Waals surface area contributed by atoms with E-state index in [1.54, 1.807) is 0 Å². The van der Waals surface area contributed by atoms with Crippen molar-refractivity contribution in [3.05, 3.63) is 58.4 Å². The maximum absolute atomic E-state index is 4.71. The van der Waals surface area contributed by atoms with E-state index in [0.29, 0.717) is 5.95 Å². The number of benzene rings is 1. The van der Waals surface area contributed by atoms with Crippen LogP contribution in [0, 0.1) is 0 Å². The Balaban J connectivity index is 1.73. The Labute approximate surface area is 121 Å². The predicted molar refractivity (Wildman–Crippen MR) is 82.5 cm³/mol. The van der Waals surface area contributed by atoms with E-state index in [1.165, 1.54) is 16.0 Å². The number of anilines is 2. The topological polar surface area (TPSA) is 37.8 Å². The largest absolute Gasteiger partial charge is 0.324 e. The highest BCUT2D eigenvalue weighted by Crippen LogP contribution is 2.35. The maximum atomic E-state index is 4.71.